The van der Waals surface area contributed by atoms with Crippen LogP contribution in [0.1, 0.15) is 25.8 Å². The van der Waals surface area contributed by atoms with Gasteiger partial charge in [0.05, 0.1) is 0 Å². The molecule has 1 saturated carbocycles. The molecule has 0 spiro atoms. The van der Waals surface area contributed by atoms with Crippen molar-refractivity contribution >= 4 is 11.5 Å². The summed E-state index contributed by atoms with van der Waals surface area (Å²) in [6, 6.07) is 4.16. The average Bonchev–Trinajstić information content (AvgIpc) is 2.69. The highest BCUT2D eigenvalue weighted by Gasteiger charge is 2.45. The first-order valence-electron chi connectivity index (χ1n) is 6.10. The van der Waals surface area contributed by atoms with E-state index >= 15 is 0 Å². The zero-order chi connectivity index (χ0) is 12.0. The van der Waals surface area contributed by atoms with Gasteiger partial charge < -0.3 is 5.32 Å². The maximum Gasteiger partial charge on any atom is 0.157 e. The molecule has 0 bridgehead atoms. The monoisotopic (exact) mass is 230 g/mol. The van der Waals surface area contributed by atoms with E-state index in [4.69, 9.17) is 0 Å². The number of pyridine rings is 1. The van der Waals surface area contributed by atoms with Crippen molar-refractivity contribution in [1.82, 2.24) is 14.6 Å². The molecule has 17 heavy (non-hydrogen) atoms. The number of rotatable bonds is 3. The van der Waals surface area contributed by atoms with Crippen LogP contribution in [0, 0.1) is 18.3 Å². The van der Waals surface area contributed by atoms with Crippen molar-refractivity contribution in [2.24, 2.45) is 11.3 Å². The van der Waals surface area contributed by atoms with E-state index in [9.17, 15) is 0 Å². The molecule has 90 valence electrons. The van der Waals surface area contributed by atoms with Gasteiger partial charge >= 0.3 is 0 Å². The molecule has 1 aliphatic carbocycles. The van der Waals surface area contributed by atoms with Gasteiger partial charge in [-0.3, -0.25) is 0 Å². The van der Waals surface area contributed by atoms with E-state index in [0.29, 0.717) is 5.41 Å². The molecular weight excluding hydrogens is 212 g/mol. The van der Waals surface area contributed by atoms with Crippen LogP contribution >= 0.6 is 0 Å². The maximum absolute atomic E-state index is 4.24. The second kappa shape index (κ2) is 3.45. The van der Waals surface area contributed by atoms with E-state index in [2.05, 4.69) is 42.2 Å². The molecular formula is C13H18N4. The van der Waals surface area contributed by atoms with Crippen molar-refractivity contribution in [3.8, 4) is 0 Å². The lowest BCUT2D eigenvalue weighted by molar-refractivity contribution is 0.572. The van der Waals surface area contributed by atoms with E-state index in [1.807, 2.05) is 10.6 Å². The van der Waals surface area contributed by atoms with Gasteiger partial charge in [0.15, 0.2) is 5.65 Å². The first kappa shape index (κ1) is 10.6. The molecule has 4 nitrogen and oxygen atoms in total. The lowest BCUT2D eigenvalue weighted by atomic mass is 10.1. The van der Waals surface area contributed by atoms with E-state index < -0.39 is 0 Å². The Morgan fingerprint density at radius 3 is 2.94 bits per heavy atom. The number of aryl methyl sites for hydroxylation is 1. The summed E-state index contributed by atoms with van der Waals surface area (Å²) in [5.74, 6) is 1.82. The Labute approximate surface area is 101 Å². The Bertz CT molecular complexity index is 556. The molecule has 1 unspecified atom stereocenters. The molecule has 1 N–H and O–H groups in total. The van der Waals surface area contributed by atoms with E-state index in [0.717, 1.165) is 23.9 Å². The average molecular weight is 230 g/mol. The minimum atomic E-state index is 0.512. The van der Waals surface area contributed by atoms with Crippen molar-refractivity contribution in [1.29, 1.82) is 0 Å². The summed E-state index contributed by atoms with van der Waals surface area (Å²) in [5.41, 5.74) is 2.63. The Hall–Kier alpha value is -1.58. The van der Waals surface area contributed by atoms with E-state index in [1.54, 1.807) is 6.33 Å². The molecule has 2 aromatic heterocycles. The number of anilines is 1. The fourth-order valence-corrected chi connectivity index (χ4v) is 2.33. The largest absolute Gasteiger partial charge is 0.370 e. The van der Waals surface area contributed by atoms with E-state index in [-0.39, 0.29) is 0 Å². The lowest BCUT2D eigenvalue weighted by Gasteiger charge is -2.10. The van der Waals surface area contributed by atoms with Gasteiger partial charge in [-0.15, -0.1) is 0 Å². The van der Waals surface area contributed by atoms with Crippen LogP contribution in [0.5, 0.6) is 0 Å². The van der Waals surface area contributed by atoms with Crippen LogP contribution in [0.2, 0.25) is 0 Å². The van der Waals surface area contributed by atoms with Crippen LogP contribution in [0.15, 0.2) is 18.5 Å². The Morgan fingerprint density at radius 1 is 1.47 bits per heavy atom. The van der Waals surface area contributed by atoms with Crippen LogP contribution in [0.3, 0.4) is 0 Å². The molecule has 0 radical (unpaired) electrons. The van der Waals surface area contributed by atoms with Gasteiger partial charge in [0, 0.05) is 6.54 Å². The number of fused-ring (bicyclic) bond motifs is 1. The number of hydrogen-bond donors (Lipinski definition) is 1. The molecule has 2 aromatic rings. The van der Waals surface area contributed by atoms with Crippen molar-refractivity contribution in [2.45, 2.75) is 27.2 Å². The van der Waals surface area contributed by atoms with Crippen molar-refractivity contribution < 1.29 is 0 Å². The molecule has 0 aromatic carbocycles. The molecule has 0 amide bonds. The Balaban J connectivity index is 1.82. The summed E-state index contributed by atoms with van der Waals surface area (Å²) in [5, 5.41) is 7.73. The van der Waals surface area contributed by atoms with Crippen molar-refractivity contribution in [2.75, 3.05) is 11.9 Å². The molecule has 1 atom stereocenters. The molecule has 1 aliphatic rings. The highest BCUT2D eigenvalue weighted by atomic mass is 15.3. The first-order valence-corrected chi connectivity index (χ1v) is 6.10. The molecule has 4 heteroatoms. The second-order valence-electron chi connectivity index (χ2n) is 5.72. The number of hydrogen-bond acceptors (Lipinski definition) is 3. The molecule has 3 rings (SSSR count). The van der Waals surface area contributed by atoms with Crippen LogP contribution < -0.4 is 5.32 Å². The smallest absolute Gasteiger partial charge is 0.157 e. The topological polar surface area (TPSA) is 42.2 Å². The third-order valence-corrected chi connectivity index (χ3v) is 3.77. The maximum atomic E-state index is 4.24. The SMILES string of the molecule is Cc1cc(NCC2CC2(C)C)n2ncnc2c1. The van der Waals surface area contributed by atoms with Crippen molar-refractivity contribution in [3.63, 3.8) is 0 Å². The molecule has 0 saturated heterocycles. The number of nitrogens with zero attached hydrogens (tertiary/aromatic N) is 3. The summed E-state index contributed by atoms with van der Waals surface area (Å²) in [6.45, 7) is 7.74. The van der Waals surface area contributed by atoms with Crippen LogP contribution in [0.4, 0.5) is 5.82 Å². The Kier molecular flexibility index (Phi) is 2.15. The Morgan fingerprint density at radius 2 is 2.24 bits per heavy atom. The molecule has 1 fully saturated rings. The minimum Gasteiger partial charge on any atom is -0.370 e. The third-order valence-electron chi connectivity index (χ3n) is 3.77. The van der Waals surface area contributed by atoms with Gasteiger partial charge in [-0.05, 0) is 42.4 Å². The van der Waals surface area contributed by atoms with Crippen LogP contribution in [0.25, 0.3) is 5.65 Å². The van der Waals surface area contributed by atoms with Gasteiger partial charge in [-0.1, -0.05) is 13.8 Å². The fourth-order valence-electron chi connectivity index (χ4n) is 2.33. The molecule has 2 heterocycles. The van der Waals surface area contributed by atoms with Gasteiger partial charge in [0.25, 0.3) is 0 Å². The lowest BCUT2D eigenvalue weighted by Crippen LogP contribution is -2.10. The fraction of sp³-hybridized carbons (Fsp3) is 0.538. The number of nitrogens with one attached hydrogen (secondary N) is 1. The van der Waals surface area contributed by atoms with Crippen LogP contribution in [-0.2, 0) is 0 Å². The zero-order valence-electron chi connectivity index (χ0n) is 10.6. The quantitative estimate of drug-likeness (QED) is 0.881. The zero-order valence-corrected chi connectivity index (χ0v) is 10.6. The van der Waals surface area contributed by atoms with Gasteiger partial charge in [-0.2, -0.15) is 9.61 Å². The summed E-state index contributed by atoms with van der Waals surface area (Å²) in [4.78, 5) is 4.22. The molecule has 0 aliphatic heterocycles. The van der Waals surface area contributed by atoms with Gasteiger partial charge in [0.1, 0.15) is 12.1 Å². The van der Waals surface area contributed by atoms with Gasteiger partial charge in [0.2, 0.25) is 0 Å². The summed E-state index contributed by atoms with van der Waals surface area (Å²) in [6.07, 6.45) is 2.91. The predicted octanol–water partition coefficient (Wildman–Crippen LogP) is 2.50. The highest BCUT2D eigenvalue weighted by Crippen LogP contribution is 2.51. The predicted molar refractivity (Wildman–Crippen MR) is 68.1 cm³/mol. The summed E-state index contributed by atoms with van der Waals surface area (Å²) < 4.78 is 1.86. The number of aromatic nitrogens is 3. The second-order valence-corrected chi connectivity index (χ2v) is 5.72. The summed E-state index contributed by atoms with van der Waals surface area (Å²) in [7, 11) is 0. The van der Waals surface area contributed by atoms with Crippen LogP contribution in [-0.4, -0.2) is 21.1 Å². The first-order chi connectivity index (χ1) is 8.06. The van der Waals surface area contributed by atoms with Gasteiger partial charge in [-0.25, -0.2) is 4.98 Å². The third kappa shape index (κ3) is 1.88. The van der Waals surface area contributed by atoms with Crippen molar-refractivity contribution in [3.05, 3.63) is 24.0 Å². The van der Waals surface area contributed by atoms with E-state index in [1.165, 1.54) is 12.0 Å². The minimum absolute atomic E-state index is 0.512. The normalized spacial score (nSPS) is 21.7. The highest BCUT2D eigenvalue weighted by molar-refractivity contribution is 5.51. The summed E-state index contributed by atoms with van der Waals surface area (Å²) >= 11 is 0. The standard InChI is InChI=1S/C13H18N4/c1-9-4-11(14-7-10-6-13(10,2)3)17-12(5-9)15-8-16-17/h4-5,8,10,14H,6-7H2,1-3H3.